The Labute approximate surface area is 183 Å². The van der Waals surface area contributed by atoms with Gasteiger partial charge in [-0.25, -0.2) is 0 Å². The molecule has 1 heterocycles. The van der Waals surface area contributed by atoms with Gasteiger partial charge >= 0.3 is 0 Å². The van der Waals surface area contributed by atoms with E-state index in [0.29, 0.717) is 19.5 Å². The van der Waals surface area contributed by atoms with Gasteiger partial charge in [-0.1, -0.05) is 83.1 Å². The van der Waals surface area contributed by atoms with Crippen molar-refractivity contribution >= 4 is 17.5 Å². The summed E-state index contributed by atoms with van der Waals surface area (Å²) in [5.41, 5.74) is 2.27. The van der Waals surface area contributed by atoms with Gasteiger partial charge in [0.25, 0.3) is 0 Å². The molecule has 0 spiro atoms. The predicted molar refractivity (Wildman–Crippen MR) is 127 cm³/mol. The van der Waals surface area contributed by atoms with Crippen LogP contribution in [0.1, 0.15) is 53.0 Å². The average molecular weight is 414 g/mol. The normalized spacial score (nSPS) is 12.9. The summed E-state index contributed by atoms with van der Waals surface area (Å²) in [6.45, 7) is 12.2. The van der Waals surface area contributed by atoms with Crippen molar-refractivity contribution in [3.63, 3.8) is 0 Å². The molecule has 2 aromatic rings. The Morgan fingerprint density at radius 3 is 1.93 bits per heavy atom. The highest BCUT2D eigenvalue weighted by Crippen LogP contribution is 2.19. The summed E-state index contributed by atoms with van der Waals surface area (Å²) < 4.78 is 0. The highest BCUT2D eigenvalue weighted by Gasteiger charge is 2.24. The molecule has 0 aromatic heterocycles. The van der Waals surface area contributed by atoms with Crippen molar-refractivity contribution < 1.29 is 9.59 Å². The van der Waals surface area contributed by atoms with E-state index in [9.17, 15) is 9.59 Å². The van der Waals surface area contributed by atoms with Gasteiger partial charge in [0.1, 0.15) is 0 Å². The molecule has 0 aliphatic carbocycles. The Bertz CT molecular complexity index is 684. The van der Waals surface area contributed by atoms with Crippen molar-refractivity contribution in [3.05, 3.63) is 66.2 Å². The molecule has 1 saturated heterocycles. The second-order valence-corrected chi connectivity index (χ2v) is 6.11. The highest BCUT2D eigenvalue weighted by atomic mass is 16.2. The molecule has 1 aliphatic heterocycles. The van der Waals surface area contributed by atoms with Crippen molar-refractivity contribution in [1.29, 1.82) is 0 Å². The third kappa shape index (κ3) is 10.2. The second-order valence-electron chi connectivity index (χ2n) is 6.11. The van der Waals surface area contributed by atoms with E-state index in [0.717, 1.165) is 18.8 Å². The molecule has 0 saturated carbocycles. The summed E-state index contributed by atoms with van der Waals surface area (Å²) in [5.74, 6) is 0.301. The summed E-state index contributed by atoms with van der Waals surface area (Å²) in [7, 11) is 1.63. The minimum atomic E-state index is 0.0926. The number of nitrogens with zero attached hydrogens (tertiary/aromatic N) is 2. The fraction of sp³-hybridized carbons (Fsp3) is 0.440. The third-order valence-corrected chi connectivity index (χ3v) is 4.20. The van der Waals surface area contributed by atoms with Gasteiger partial charge in [-0.05, 0) is 17.7 Å². The maximum atomic E-state index is 12.1. The molecule has 0 radical (unpaired) electrons. The van der Waals surface area contributed by atoms with Gasteiger partial charge < -0.3 is 5.32 Å². The number of hydrogen-bond donors (Lipinski definition) is 1. The van der Waals surface area contributed by atoms with E-state index in [1.165, 1.54) is 5.56 Å². The lowest BCUT2D eigenvalue weighted by molar-refractivity contribution is -0.121. The Balaban J connectivity index is 0.000000719. The number of para-hydroxylation sites is 1. The molecular weight excluding hydrogens is 374 g/mol. The molecule has 3 rings (SSSR count). The topological polar surface area (TPSA) is 52.7 Å². The number of carbonyl (C=O) groups excluding carboxylic acids is 2. The van der Waals surface area contributed by atoms with Crippen LogP contribution in [0.15, 0.2) is 60.7 Å². The maximum absolute atomic E-state index is 12.1. The molecule has 0 unspecified atom stereocenters. The van der Waals surface area contributed by atoms with Crippen LogP contribution in [0.5, 0.6) is 0 Å². The number of hydrogen-bond acceptors (Lipinski definition) is 3. The molecule has 30 heavy (non-hydrogen) atoms. The molecule has 1 fully saturated rings. The van der Waals surface area contributed by atoms with Gasteiger partial charge in [0.05, 0.1) is 6.67 Å². The summed E-state index contributed by atoms with van der Waals surface area (Å²) in [4.78, 5) is 26.3. The van der Waals surface area contributed by atoms with Crippen LogP contribution in [-0.4, -0.2) is 37.0 Å². The Morgan fingerprint density at radius 2 is 1.47 bits per heavy atom. The summed E-state index contributed by atoms with van der Waals surface area (Å²) >= 11 is 0. The van der Waals surface area contributed by atoms with Crippen molar-refractivity contribution in [2.24, 2.45) is 0 Å². The standard InChI is InChI=1S/C17H18N2O.C4H9NO.2C2H6/c20-17-11-12-18(13-15-7-3-1-4-8-15)14-19(17)16-9-5-2-6-10-16;1-3-4(6)5-2;2*1-2/h1-10H,11-14H2;3H2,1-2H3,(H,5,6);2*1-2H3. The summed E-state index contributed by atoms with van der Waals surface area (Å²) in [6.07, 6.45) is 1.16. The smallest absolute Gasteiger partial charge is 0.229 e. The zero-order valence-corrected chi connectivity index (χ0v) is 19.5. The van der Waals surface area contributed by atoms with Crippen LogP contribution >= 0.6 is 0 Å². The van der Waals surface area contributed by atoms with Crippen LogP contribution in [0.4, 0.5) is 5.69 Å². The van der Waals surface area contributed by atoms with E-state index < -0.39 is 0 Å². The second kappa shape index (κ2) is 17.2. The third-order valence-electron chi connectivity index (χ3n) is 4.20. The van der Waals surface area contributed by atoms with Gasteiger partial charge in [0.15, 0.2) is 0 Å². The van der Waals surface area contributed by atoms with Crippen LogP contribution in [0.2, 0.25) is 0 Å². The molecule has 5 nitrogen and oxygen atoms in total. The molecule has 166 valence electrons. The van der Waals surface area contributed by atoms with Crippen LogP contribution < -0.4 is 10.2 Å². The first-order valence-electron chi connectivity index (χ1n) is 11.0. The van der Waals surface area contributed by atoms with Gasteiger partial charge in [-0.15, -0.1) is 0 Å². The van der Waals surface area contributed by atoms with E-state index in [1.807, 2.05) is 75.9 Å². The summed E-state index contributed by atoms with van der Waals surface area (Å²) in [5, 5.41) is 2.48. The number of rotatable bonds is 4. The zero-order chi connectivity index (χ0) is 22.8. The molecule has 1 aliphatic rings. The van der Waals surface area contributed by atoms with Crippen molar-refractivity contribution in [1.82, 2.24) is 10.2 Å². The quantitative estimate of drug-likeness (QED) is 0.761. The fourth-order valence-electron chi connectivity index (χ4n) is 2.72. The minimum Gasteiger partial charge on any atom is -0.359 e. The van der Waals surface area contributed by atoms with E-state index in [4.69, 9.17) is 0 Å². The van der Waals surface area contributed by atoms with Crippen LogP contribution in [-0.2, 0) is 16.1 Å². The van der Waals surface area contributed by atoms with Gasteiger partial charge in [-0.2, -0.15) is 0 Å². The molecule has 2 aromatic carbocycles. The number of carbonyl (C=O) groups is 2. The molecule has 5 heteroatoms. The first-order valence-corrected chi connectivity index (χ1v) is 11.0. The van der Waals surface area contributed by atoms with E-state index in [1.54, 1.807) is 7.05 Å². The number of anilines is 1. The number of amides is 2. The predicted octanol–water partition coefficient (Wildman–Crippen LogP) is 5.08. The van der Waals surface area contributed by atoms with Crippen molar-refractivity contribution in [3.8, 4) is 0 Å². The van der Waals surface area contributed by atoms with E-state index >= 15 is 0 Å². The molecule has 0 bridgehead atoms. The highest BCUT2D eigenvalue weighted by molar-refractivity contribution is 5.94. The molecular formula is C25H39N3O2. The van der Waals surface area contributed by atoms with Gasteiger partial charge in [0, 0.05) is 38.7 Å². The van der Waals surface area contributed by atoms with Gasteiger partial charge in [-0.3, -0.25) is 19.4 Å². The Hall–Kier alpha value is -2.66. The number of nitrogens with one attached hydrogen (secondary N) is 1. The number of benzene rings is 2. The first-order chi connectivity index (χ1) is 14.6. The SMILES string of the molecule is CC.CC.CCC(=O)NC.O=C1CCN(Cc2ccccc2)CN1c1ccccc1. The van der Waals surface area contributed by atoms with Crippen LogP contribution in [0.3, 0.4) is 0 Å². The van der Waals surface area contributed by atoms with Crippen molar-refractivity contribution in [2.45, 2.75) is 54.0 Å². The monoisotopic (exact) mass is 413 g/mol. The molecule has 1 N–H and O–H groups in total. The first kappa shape index (κ1) is 27.3. The van der Waals surface area contributed by atoms with Crippen LogP contribution in [0.25, 0.3) is 0 Å². The van der Waals surface area contributed by atoms with Crippen molar-refractivity contribution in [2.75, 3.05) is 25.2 Å². The molecule has 0 atom stereocenters. The Morgan fingerprint density at radius 1 is 0.933 bits per heavy atom. The van der Waals surface area contributed by atoms with E-state index in [2.05, 4.69) is 34.5 Å². The Kier molecular flexibility index (Phi) is 15.7. The van der Waals surface area contributed by atoms with Crippen LogP contribution in [0, 0.1) is 0 Å². The molecule has 2 amide bonds. The fourth-order valence-corrected chi connectivity index (χ4v) is 2.72. The summed E-state index contributed by atoms with van der Waals surface area (Å²) in [6, 6.07) is 20.3. The largest absolute Gasteiger partial charge is 0.359 e. The van der Waals surface area contributed by atoms with E-state index in [-0.39, 0.29) is 11.8 Å². The lowest BCUT2D eigenvalue weighted by Crippen LogP contribution is -2.47. The maximum Gasteiger partial charge on any atom is 0.229 e. The average Bonchev–Trinajstić information content (AvgIpc) is 2.84. The lowest BCUT2D eigenvalue weighted by Gasteiger charge is -2.35. The van der Waals surface area contributed by atoms with Gasteiger partial charge in [0.2, 0.25) is 11.8 Å². The minimum absolute atomic E-state index is 0.0926. The zero-order valence-electron chi connectivity index (χ0n) is 19.5. The lowest BCUT2D eigenvalue weighted by atomic mass is 10.2.